The van der Waals surface area contributed by atoms with Gasteiger partial charge in [-0.25, -0.2) is 0 Å². The van der Waals surface area contributed by atoms with Crippen LogP contribution >= 0.6 is 0 Å². The first-order chi connectivity index (χ1) is 8.01. The van der Waals surface area contributed by atoms with Gasteiger partial charge in [-0.2, -0.15) is 0 Å². The maximum atomic E-state index is 5.66. The van der Waals surface area contributed by atoms with Crippen molar-refractivity contribution in [1.29, 1.82) is 0 Å². The number of aromatic nitrogens is 1. The Morgan fingerprint density at radius 3 is 2.59 bits per heavy atom. The Bertz CT molecular complexity index is 314. The second-order valence-corrected chi connectivity index (χ2v) is 5.42. The zero-order valence-corrected chi connectivity index (χ0v) is 11.4. The van der Waals surface area contributed by atoms with Crippen LogP contribution in [0.5, 0.6) is 5.75 Å². The molecule has 0 saturated carbocycles. The average molecular weight is 236 g/mol. The Morgan fingerprint density at radius 1 is 1.29 bits per heavy atom. The van der Waals surface area contributed by atoms with Gasteiger partial charge in [-0.05, 0) is 30.5 Å². The summed E-state index contributed by atoms with van der Waals surface area (Å²) >= 11 is 0. The Labute approximate surface area is 105 Å². The van der Waals surface area contributed by atoms with Gasteiger partial charge < -0.3 is 10.1 Å². The van der Waals surface area contributed by atoms with Crippen molar-refractivity contribution in [2.24, 2.45) is 5.41 Å². The van der Waals surface area contributed by atoms with Crippen molar-refractivity contribution < 1.29 is 4.74 Å². The van der Waals surface area contributed by atoms with E-state index in [1.165, 1.54) is 0 Å². The van der Waals surface area contributed by atoms with Crippen LogP contribution in [0, 0.1) is 5.41 Å². The molecule has 1 aromatic rings. The van der Waals surface area contributed by atoms with Crippen molar-refractivity contribution in [3.05, 3.63) is 24.0 Å². The maximum Gasteiger partial charge on any atom is 0.137 e. The van der Waals surface area contributed by atoms with E-state index in [1.807, 2.05) is 12.1 Å². The van der Waals surface area contributed by atoms with E-state index >= 15 is 0 Å². The number of ether oxygens (including phenoxy) is 1. The van der Waals surface area contributed by atoms with Gasteiger partial charge in [0.1, 0.15) is 5.75 Å². The Kier molecular flexibility index (Phi) is 5.42. The summed E-state index contributed by atoms with van der Waals surface area (Å²) in [5.74, 6) is 0.856. The summed E-state index contributed by atoms with van der Waals surface area (Å²) in [6.45, 7) is 11.3. The predicted molar refractivity (Wildman–Crippen MR) is 71.2 cm³/mol. The van der Waals surface area contributed by atoms with E-state index in [-0.39, 0.29) is 0 Å². The fourth-order valence-electron chi connectivity index (χ4n) is 1.33. The summed E-state index contributed by atoms with van der Waals surface area (Å²) < 4.78 is 5.66. The molecule has 1 aromatic heterocycles. The highest BCUT2D eigenvalue weighted by Crippen LogP contribution is 2.19. The first-order valence-corrected chi connectivity index (χ1v) is 6.30. The Hall–Kier alpha value is -1.09. The lowest BCUT2D eigenvalue weighted by atomic mass is 9.93. The zero-order valence-electron chi connectivity index (χ0n) is 11.4. The van der Waals surface area contributed by atoms with Crippen molar-refractivity contribution in [1.82, 2.24) is 10.3 Å². The molecule has 1 heterocycles. The largest absolute Gasteiger partial charge is 0.492 e. The molecule has 96 valence electrons. The van der Waals surface area contributed by atoms with Crippen molar-refractivity contribution >= 4 is 0 Å². The predicted octanol–water partition coefficient (Wildman–Crippen LogP) is 3.01. The average Bonchev–Trinajstić information content (AvgIpc) is 2.26. The normalized spacial score (nSPS) is 11.5. The molecule has 1 rings (SSSR count). The summed E-state index contributed by atoms with van der Waals surface area (Å²) in [4.78, 5) is 4.34. The molecular weight excluding hydrogens is 212 g/mol. The molecule has 0 aliphatic rings. The topological polar surface area (TPSA) is 34.1 Å². The van der Waals surface area contributed by atoms with Gasteiger partial charge in [-0.15, -0.1) is 0 Å². The molecule has 0 amide bonds. The molecule has 0 fully saturated rings. The van der Waals surface area contributed by atoms with Gasteiger partial charge in [0.15, 0.2) is 0 Å². The van der Waals surface area contributed by atoms with E-state index < -0.39 is 0 Å². The molecule has 0 aliphatic heterocycles. The quantitative estimate of drug-likeness (QED) is 0.824. The summed E-state index contributed by atoms with van der Waals surface area (Å²) in [6.07, 6.45) is 2.85. The van der Waals surface area contributed by atoms with Crippen LogP contribution in [0.3, 0.4) is 0 Å². The number of nitrogens with zero attached hydrogens (tertiary/aromatic N) is 1. The molecule has 0 unspecified atom stereocenters. The third-order valence-corrected chi connectivity index (χ3v) is 2.47. The van der Waals surface area contributed by atoms with Crippen LogP contribution in [-0.2, 0) is 6.54 Å². The van der Waals surface area contributed by atoms with Crippen LogP contribution in [0.25, 0.3) is 0 Å². The van der Waals surface area contributed by atoms with Gasteiger partial charge in [-0.3, -0.25) is 4.98 Å². The molecule has 3 nitrogen and oxygen atoms in total. The van der Waals surface area contributed by atoms with E-state index in [2.05, 4.69) is 38.0 Å². The lowest BCUT2D eigenvalue weighted by molar-refractivity contribution is 0.242. The minimum Gasteiger partial charge on any atom is -0.492 e. The van der Waals surface area contributed by atoms with Gasteiger partial charge >= 0.3 is 0 Å². The monoisotopic (exact) mass is 236 g/mol. The molecule has 17 heavy (non-hydrogen) atoms. The molecule has 0 aliphatic carbocycles. The lowest BCUT2D eigenvalue weighted by Crippen LogP contribution is -2.13. The number of pyridine rings is 1. The second kappa shape index (κ2) is 6.60. The molecule has 0 spiro atoms. The van der Waals surface area contributed by atoms with E-state index in [1.54, 1.807) is 6.20 Å². The van der Waals surface area contributed by atoms with Crippen LogP contribution in [0.2, 0.25) is 0 Å². The van der Waals surface area contributed by atoms with Gasteiger partial charge in [0, 0.05) is 6.54 Å². The summed E-state index contributed by atoms with van der Waals surface area (Å²) in [5, 5.41) is 3.24. The standard InChI is InChI=1S/C14H24N2O/c1-5-15-10-12-6-7-13(11-16-12)17-9-8-14(2,3)4/h6-7,11,15H,5,8-10H2,1-4H3. The van der Waals surface area contributed by atoms with E-state index in [0.717, 1.165) is 37.6 Å². The molecule has 1 N–H and O–H groups in total. The molecular formula is C14H24N2O. The SMILES string of the molecule is CCNCc1ccc(OCCC(C)(C)C)cn1. The second-order valence-electron chi connectivity index (χ2n) is 5.42. The van der Waals surface area contributed by atoms with E-state index in [0.29, 0.717) is 5.41 Å². The number of hydrogen-bond donors (Lipinski definition) is 1. The van der Waals surface area contributed by atoms with Crippen LogP contribution in [0.4, 0.5) is 0 Å². The molecule has 0 radical (unpaired) electrons. The zero-order chi connectivity index (χ0) is 12.7. The number of rotatable bonds is 6. The van der Waals surface area contributed by atoms with Crippen molar-refractivity contribution in [2.75, 3.05) is 13.2 Å². The van der Waals surface area contributed by atoms with Gasteiger partial charge in [0.05, 0.1) is 18.5 Å². The molecule has 0 bridgehead atoms. The lowest BCUT2D eigenvalue weighted by Gasteiger charge is -2.18. The number of nitrogens with one attached hydrogen (secondary N) is 1. The summed E-state index contributed by atoms with van der Waals surface area (Å²) in [7, 11) is 0. The van der Waals surface area contributed by atoms with Gasteiger partial charge in [0.25, 0.3) is 0 Å². The highest BCUT2D eigenvalue weighted by molar-refractivity contribution is 5.19. The Morgan fingerprint density at radius 2 is 2.06 bits per heavy atom. The first kappa shape index (κ1) is 14.0. The molecule has 0 saturated heterocycles. The van der Waals surface area contributed by atoms with Crippen molar-refractivity contribution in [3.8, 4) is 5.75 Å². The molecule has 0 aromatic carbocycles. The van der Waals surface area contributed by atoms with E-state index in [9.17, 15) is 0 Å². The van der Waals surface area contributed by atoms with Crippen LogP contribution in [0.15, 0.2) is 18.3 Å². The smallest absolute Gasteiger partial charge is 0.137 e. The van der Waals surface area contributed by atoms with Gasteiger partial charge in [-0.1, -0.05) is 27.7 Å². The number of hydrogen-bond acceptors (Lipinski definition) is 3. The highest BCUT2D eigenvalue weighted by atomic mass is 16.5. The first-order valence-electron chi connectivity index (χ1n) is 6.30. The fraction of sp³-hybridized carbons (Fsp3) is 0.643. The van der Waals surface area contributed by atoms with Gasteiger partial charge in [0.2, 0.25) is 0 Å². The van der Waals surface area contributed by atoms with E-state index in [4.69, 9.17) is 4.74 Å². The fourth-order valence-corrected chi connectivity index (χ4v) is 1.33. The van der Waals surface area contributed by atoms with Crippen molar-refractivity contribution in [3.63, 3.8) is 0 Å². The highest BCUT2D eigenvalue weighted by Gasteiger charge is 2.09. The summed E-state index contributed by atoms with van der Waals surface area (Å²) in [6, 6.07) is 4.00. The third kappa shape index (κ3) is 6.27. The minimum atomic E-state index is 0.318. The van der Waals surface area contributed by atoms with Crippen LogP contribution < -0.4 is 10.1 Å². The third-order valence-electron chi connectivity index (χ3n) is 2.47. The summed E-state index contributed by atoms with van der Waals surface area (Å²) in [5.41, 5.74) is 1.37. The Balaban J connectivity index is 2.35. The minimum absolute atomic E-state index is 0.318. The molecule has 0 atom stereocenters. The van der Waals surface area contributed by atoms with Crippen molar-refractivity contribution in [2.45, 2.75) is 40.7 Å². The van der Waals surface area contributed by atoms with Crippen LogP contribution in [-0.4, -0.2) is 18.1 Å². The molecule has 3 heteroatoms. The van der Waals surface area contributed by atoms with Crippen LogP contribution in [0.1, 0.15) is 39.8 Å². The maximum absolute atomic E-state index is 5.66.